The molecule has 5 heteroatoms. The summed E-state index contributed by atoms with van der Waals surface area (Å²) in [5, 5.41) is 15.1. The molecule has 4 nitrogen and oxygen atoms in total. The summed E-state index contributed by atoms with van der Waals surface area (Å²) < 4.78 is 4.80. The summed E-state index contributed by atoms with van der Waals surface area (Å²) in [4.78, 5) is 10.2. The van der Waals surface area contributed by atoms with Gasteiger partial charge >= 0.3 is 0 Å². The number of hydrogen-bond acceptors (Lipinski definition) is 4. The lowest BCUT2D eigenvalue weighted by Crippen LogP contribution is -1.99. The molecule has 0 atom stereocenters. The van der Waals surface area contributed by atoms with Crippen LogP contribution in [0, 0.1) is 11.3 Å². The molecule has 0 amide bonds. The normalized spacial score (nSPS) is 11.4. The first-order valence-electron chi connectivity index (χ1n) is 17.2. The molecule has 52 heavy (non-hydrogen) atoms. The van der Waals surface area contributed by atoms with Crippen molar-refractivity contribution in [2.75, 3.05) is 0 Å². The molecular formula is C47H28N4S. The smallest absolute Gasteiger partial charge is 0.160 e. The second kappa shape index (κ2) is 12.2. The van der Waals surface area contributed by atoms with E-state index in [1.165, 1.54) is 20.2 Å². The van der Waals surface area contributed by atoms with Gasteiger partial charge in [0.2, 0.25) is 0 Å². The van der Waals surface area contributed by atoms with Crippen LogP contribution in [0.3, 0.4) is 0 Å². The van der Waals surface area contributed by atoms with E-state index >= 15 is 0 Å². The van der Waals surface area contributed by atoms with Crippen LogP contribution < -0.4 is 0 Å². The van der Waals surface area contributed by atoms with Gasteiger partial charge in [0.15, 0.2) is 5.82 Å². The highest BCUT2D eigenvalue weighted by molar-refractivity contribution is 7.25. The van der Waals surface area contributed by atoms with E-state index in [9.17, 15) is 5.26 Å². The van der Waals surface area contributed by atoms with Crippen LogP contribution in [0.2, 0.25) is 0 Å². The summed E-state index contributed by atoms with van der Waals surface area (Å²) in [6, 6.07) is 61.3. The van der Waals surface area contributed by atoms with Gasteiger partial charge in [-0.2, -0.15) is 5.26 Å². The molecule has 0 aliphatic carbocycles. The zero-order chi connectivity index (χ0) is 34.6. The van der Waals surface area contributed by atoms with Crippen molar-refractivity contribution in [2.45, 2.75) is 0 Å². The first kappa shape index (κ1) is 30.0. The van der Waals surface area contributed by atoms with Gasteiger partial charge in [-0.25, -0.2) is 9.97 Å². The molecule has 3 aromatic heterocycles. The van der Waals surface area contributed by atoms with Gasteiger partial charge in [-0.1, -0.05) is 109 Å². The third kappa shape index (κ3) is 4.89. The quantitative estimate of drug-likeness (QED) is 0.182. The van der Waals surface area contributed by atoms with Crippen LogP contribution in [0.15, 0.2) is 170 Å². The van der Waals surface area contributed by atoms with Gasteiger partial charge in [-0.05, 0) is 66.2 Å². The fourth-order valence-electron chi connectivity index (χ4n) is 7.47. The summed E-state index contributed by atoms with van der Waals surface area (Å²) in [5.74, 6) is 0.669. The molecule has 0 aliphatic rings. The molecule has 0 unspecified atom stereocenters. The fourth-order valence-corrected chi connectivity index (χ4v) is 8.55. The van der Waals surface area contributed by atoms with Gasteiger partial charge in [-0.3, -0.25) is 0 Å². The van der Waals surface area contributed by atoms with E-state index in [0.29, 0.717) is 11.4 Å². The van der Waals surface area contributed by atoms with Crippen LogP contribution in [0.5, 0.6) is 0 Å². The van der Waals surface area contributed by atoms with Crippen LogP contribution in [-0.4, -0.2) is 14.5 Å². The average molecular weight is 681 g/mol. The maximum absolute atomic E-state index is 10.5. The monoisotopic (exact) mass is 680 g/mol. The molecule has 0 fully saturated rings. The maximum atomic E-state index is 10.5. The van der Waals surface area contributed by atoms with Crippen LogP contribution >= 0.6 is 11.3 Å². The van der Waals surface area contributed by atoms with Crippen molar-refractivity contribution in [1.29, 1.82) is 5.26 Å². The van der Waals surface area contributed by atoms with Gasteiger partial charge in [0, 0.05) is 53.2 Å². The summed E-state index contributed by atoms with van der Waals surface area (Å²) in [7, 11) is 0. The lowest BCUT2D eigenvalue weighted by Gasteiger charge is -2.16. The number of aromatic nitrogens is 3. The van der Waals surface area contributed by atoms with Crippen molar-refractivity contribution in [3.63, 3.8) is 0 Å². The number of rotatable bonds is 5. The van der Waals surface area contributed by atoms with Gasteiger partial charge < -0.3 is 4.57 Å². The van der Waals surface area contributed by atoms with Crippen molar-refractivity contribution >= 4 is 53.3 Å². The lowest BCUT2D eigenvalue weighted by molar-refractivity contribution is 1.17. The minimum atomic E-state index is 0.638. The van der Waals surface area contributed by atoms with Gasteiger partial charge in [-0.15, -0.1) is 11.3 Å². The van der Waals surface area contributed by atoms with E-state index < -0.39 is 0 Å². The Morgan fingerprint density at radius 3 is 1.83 bits per heavy atom. The van der Waals surface area contributed by atoms with Crippen LogP contribution in [0.4, 0.5) is 0 Å². The molecule has 0 spiro atoms. The Morgan fingerprint density at radius 1 is 0.462 bits per heavy atom. The van der Waals surface area contributed by atoms with Crippen molar-refractivity contribution in [2.24, 2.45) is 0 Å². The van der Waals surface area contributed by atoms with E-state index in [2.05, 4.69) is 132 Å². The molecule has 3 heterocycles. The highest BCUT2D eigenvalue weighted by atomic mass is 32.1. The number of hydrogen-bond donors (Lipinski definition) is 0. The fraction of sp³-hybridized carbons (Fsp3) is 0. The van der Waals surface area contributed by atoms with E-state index in [-0.39, 0.29) is 0 Å². The highest BCUT2D eigenvalue weighted by Crippen LogP contribution is 2.42. The lowest BCUT2D eigenvalue weighted by atomic mass is 9.96. The average Bonchev–Trinajstić information content (AvgIpc) is 3.76. The molecule has 10 rings (SSSR count). The third-order valence-electron chi connectivity index (χ3n) is 9.87. The van der Waals surface area contributed by atoms with Crippen molar-refractivity contribution in [3.8, 4) is 56.8 Å². The minimum absolute atomic E-state index is 0.638. The summed E-state index contributed by atoms with van der Waals surface area (Å²) in [6.07, 6.45) is 0. The van der Waals surface area contributed by atoms with E-state index in [4.69, 9.17) is 9.97 Å². The zero-order valence-corrected chi connectivity index (χ0v) is 28.7. The number of para-hydroxylation sites is 1. The SMILES string of the molecule is N#Cc1cccc(-n2c3ccccc3c3cc(-c4nc(-c5ccccc5)cc(-c5ccccc5)n4)ccc32)c1-c1ccc2sc3ccccc3c2c1. The van der Waals surface area contributed by atoms with Crippen molar-refractivity contribution in [3.05, 3.63) is 175 Å². The Balaban J connectivity index is 1.19. The minimum Gasteiger partial charge on any atom is -0.309 e. The Bertz CT molecular complexity index is 2970. The standard InChI is InChI=1S/C47H28N4S/c48-29-34-16-11-20-43(46(34)32-23-25-45-38(26-32)36-18-8-10-21-44(36)52-45)51-41-19-9-7-17-35(41)37-27-33(22-24-42(37)51)47-49-39(30-12-3-1-4-13-30)28-40(50-47)31-14-5-2-6-15-31/h1-28H. The third-order valence-corrected chi connectivity index (χ3v) is 11.0. The Kier molecular flexibility index (Phi) is 7.02. The molecule has 7 aromatic carbocycles. The first-order valence-corrected chi connectivity index (χ1v) is 18.0. The summed E-state index contributed by atoms with van der Waals surface area (Å²) in [6.45, 7) is 0. The second-order valence-electron chi connectivity index (χ2n) is 12.9. The Labute approximate surface area is 304 Å². The summed E-state index contributed by atoms with van der Waals surface area (Å²) in [5.41, 5.74) is 10.4. The van der Waals surface area contributed by atoms with Crippen molar-refractivity contribution in [1.82, 2.24) is 14.5 Å². The summed E-state index contributed by atoms with van der Waals surface area (Å²) >= 11 is 1.80. The van der Waals surface area contributed by atoms with Gasteiger partial charge in [0.1, 0.15) is 0 Å². The maximum Gasteiger partial charge on any atom is 0.160 e. The van der Waals surface area contributed by atoms with Crippen LogP contribution in [0.25, 0.3) is 92.7 Å². The molecule has 0 saturated carbocycles. The van der Waals surface area contributed by atoms with E-state index in [1.807, 2.05) is 48.5 Å². The predicted molar refractivity (Wildman–Crippen MR) is 216 cm³/mol. The number of thiophene rings is 1. The van der Waals surface area contributed by atoms with Gasteiger partial charge in [0.25, 0.3) is 0 Å². The molecule has 0 saturated heterocycles. The molecule has 10 aromatic rings. The molecule has 0 radical (unpaired) electrons. The first-order chi connectivity index (χ1) is 25.7. The number of nitrogens with zero attached hydrogens (tertiary/aromatic N) is 4. The largest absolute Gasteiger partial charge is 0.309 e. The molecular weight excluding hydrogens is 653 g/mol. The number of fused-ring (bicyclic) bond motifs is 6. The topological polar surface area (TPSA) is 54.5 Å². The van der Waals surface area contributed by atoms with Gasteiger partial charge in [0.05, 0.1) is 39.7 Å². The number of nitriles is 1. The second-order valence-corrected chi connectivity index (χ2v) is 14.0. The Hall–Kier alpha value is -6.87. The molecule has 0 bridgehead atoms. The Morgan fingerprint density at radius 2 is 1.08 bits per heavy atom. The van der Waals surface area contributed by atoms with E-state index in [1.54, 1.807) is 11.3 Å². The molecule has 0 aliphatic heterocycles. The molecule has 0 N–H and O–H groups in total. The van der Waals surface area contributed by atoms with Crippen LogP contribution in [-0.2, 0) is 0 Å². The number of benzene rings is 7. The van der Waals surface area contributed by atoms with Crippen LogP contribution in [0.1, 0.15) is 5.56 Å². The predicted octanol–water partition coefficient (Wildman–Crippen LogP) is 12.5. The highest BCUT2D eigenvalue weighted by Gasteiger charge is 2.20. The van der Waals surface area contributed by atoms with Crippen molar-refractivity contribution < 1.29 is 0 Å². The van der Waals surface area contributed by atoms with E-state index in [0.717, 1.165) is 66.7 Å². The zero-order valence-electron chi connectivity index (χ0n) is 27.9. The molecule has 242 valence electrons.